The lowest BCUT2D eigenvalue weighted by Gasteiger charge is -2.11. The summed E-state index contributed by atoms with van der Waals surface area (Å²) in [7, 11) is 3.06. The number of hydrogen-bond acceptors (Lipinski definition) is 4. The van der Waals surface area contributed by atoms with Crippen LogP contribution in [0.25, 0.3) is 0 Å². The third kappa shape index (κ3) is 4.49. The van der Waals surface area contributed by atoms with E-state index < -0.39 is 0 Å². The SMILES string of the molecule is COc1cccc(C(=O)NCC(=O)Nc2cc(C)ccc2OC)c1. The van der Waals surface area contributed by atoms with Gasteiger partial charge in [0, 0.05) is 5.56 Å². The maximum absolute atomic E-state index is 12.1. The fourth-order valence-electron chi connectivity index (χ4n) is 2.14. The van der Waals surface area contributed by atoms with Crippen LogP contribution in [0.15, 0.2) is 42.5 Å². The van der Waals surface area contributed by atoms with Gasteiger partial charge in [0.05, 0.1) is 26.5 Å². The Balaban J connectivity index is 1.95. The van der Waals surface area contributed by atoms with Crippen molar-refractivity contribution in [3.8, 4) is 11.5 Å². The fourth-order valence-corrected chi connectivity index (χ4v) is 2.14. The number of nitrogens with one attached hydrogen (secondary N) is 2. The van der Waals surface area contributed by atoms with E-state index >= 15 is 0 Å². The summed E-state index contributed by atoms with van der Waals surface area (Å²) in [6, 6.07) is 12.2. The predicted molar refractivity (Wildman–Crippen MR) is 91.7 cm³/mol. The van der Waals surface area contributed by atoms with Crippen LogP contribution in [0.3, 0.4) is 0 Å². The number of amides is 2. The molecule has 0 fully saturated rings. The summed E-state index contributed by atoms with van der Waals surface area (Å²) in [5, 5.41) is 5.30. The zero-order valence-electron chi connectivity index (χ0n) is 13.9. The molecule has 2 rings (SSSR count). The molecule has 6 heteroatoms. The highest BCUT2D eigenvalue weighted by Crippen LogP contribution is 2.24. The van der Waals surface area contributed by atoms with Crippen molar-refractivity contribution in [2.75, 3.05) is 26.1 Å². The van der Waals surface area contributed by atoms with Gasteiger partial charge >= 0.3 is 0 Å². The zero-order chi connectivity index (χ0) is 17.5. The van der Waals surface area contributed by atoms with Crippen LogP contribution >= 0.6 is 0 Å². The van der Waals surface area contributed by atoms with Crippen molar-refractivity contribution < 1.29 is 19.1 Å². The number of ether oxygens (including phenoxy) is 2. The Labute approximate surface area is 140 Å². The molecule has 24 heavy (non-hydrogen) atoms. The standard InChI is InChI=1S/C18H20N2O4/c1-12-7-8-16(24-3)15(9-12)20-17(21)11-19-18(22)13-5-4-6-14(10-13)23-2/h4-10H,11H2,1-3H3,(H,19,22)(H,20,21). The van der Waals surface area contributed by atoms with Crippen LogP contribution in [0.4, 0.5) is 5.69 Å². The molecule has 0 heterocycles. The van der Waals surface area contributed by atoms with Gasteiger partial charge in [0.25, 0.3) is 5.91 Å². The van der Waals surface area contributed by atoms with Crippen LogP contribution < -0.4 is 20.1 Å². The Morgan fingerprint density at radius 2 is 1.83 bits per heavy atom. The summed E-state index contributed by atoms with van der Waals surface area (Å²) >= 11 is 0. The molecular weight excluding hydrogens is 308 g/mol. The van der Waals surface area contributed by atoms with Gasteiger partial charge in [-0.05, 0) is 42.8 Å². The van der Waals surface area contributed by atoms with E-state index in [1.165, 1.54) is 14.2 Å². The summed E-state index contributed by atoms with van der Waals surface area (Å²) in [4.78, 5) is 24.1. The molecule has 0 aliphatic carbocycles. The van der Waals surface area contributed by atoms with E-state index in [9.17, 15) is 9.59 Å². The number of rotatable bonds is 6. The van der Waals surface area contributed by atoms with Gasteiger partial charge in [0.15, 0.2) is 0 Å². The van der Waals surface area contributed by atoms with Crippen LogP contribution in [0.2, 0.25) is 0 Å². The van der Waals surface area contributed by atoms with Gasteiger partial charge in [0.2, 0.25) is 5.91 Å². The Morgan fingerprint density at radius 3 is 2.54 bits per heavy atom. The highest BCUT2D eigenvalue weighted by atomic mass is 16.5. The van der Waals surface area contributed by atoms with Gasteiger partial charge in [-0.15, -0.1) is 0 Å². The third-order valence-corrected chi connectivity index (χ3v) is 3.37. The number of benzene rings is 2. The third-order valence-electron chi connectivity index (χ3n) is 3.37. The van der Waals surface area contributed by atoms with E-state index in [0.717, 1.165) is 5.56 Å². The number of anilines is 1. The van der Waals surface area contributed by atoms with E-state index in [1.807, 2.05) is 13.0 Å². The molecule has 0 bridgehead atoms. The van der Waals surface area contributed by atoms with Gasteiger partial charge in [-0.2, -0.15) is 0 Å². The molecule has 0 aliphatic rings. The van der Waals surface area contributed by atoms with Gasteiger partial charge in [-0.3, -0.25) is 9.59 Å². The maximum Gasteiger partial charge on any atom is 0.251 e. The van der Waals surface area contributed by atoms with E-state index in [2.05, 4.69) is 10.6 Å². The lowest BCUT2D eigenvalue weighted by Crippen LogP contribution is -2.32. The van der Waals surface area contributed by atoms with Crippen molar-refractivity contribution in [1.29, 1.82) is 0 Å². The topological polar surface area (TPSA) is 76.7 Å². The molecule has 2 aromatic rings. The molecule has 0 radical (unpaired) electrons. The van der Waals surface area contributed by atoms with Crippen LogP contribution in [0.5, 0.6) is 11.5 Å². The Hall–Kier alpha value is -3.02. The molecule has 0 unspecified atom stereocenters. The van der Waals surface area contributed by atoms with Crippen LogP contribution in [0.1, 0.15) is 15.9 Å². The smallest absolute Gasteiger partial charge is 0.251 e. The predicted octanol–water partition coefficient (Wildman–Crippen LogP) is 2.38. The molecule has 2 amide bonds. The van der Waals surface area contributed by atoms with Gasteiger partial charge < -0.3 is 20.1 Å². The molecule has 2 aromatic carbocycles. The van der Waals surface area contributed by atoms with Crippen molar-refractivity contribution in [1.82, 2.24) is 5.32 Å². The van der Waals surface area contributed by atoms with Crippen molar-refractivity contribution in [3.05, 3.63) is 53.6 Å². The number of hydrogen-bond donors (Lipinski definition) is 2. The largest absolute Gasteiger partial charge is 0.497 e. The van der Waals surface area contributed by atoms with Crippen LogP contribution in [-0.4, -0.2) is 32.6 Å². The second-order valence-corrected chi connectivity index (χ2v) is 5.17. The average Bonchev–Trinajstić information content (AvgIpc) is 2.60. The monoisotopic (exact) mass is 328 g/mol. The number of methoxy groups -OCH3 is 2. The van der Waals surface area contributed by atoms with Gasteiger partial charge in [0.1, 0.15) is 11.5 Å². The molecule has 2 N–H and O–H groups in total. The zero-order valence-corrected chi connectivity index (χ0v) is 13.9. The summed E-state index contributed by atoms with van der Waals surface area (Å²) in [5.41, 5.74) is 1.99. The molecule has 0 saturated heterocycles. The second kappa shape index (κ2) is 8.01. The Bertz CT molecular complexity index is 744. The first-order valence-electron chi connectivity index (χ1n) is 7.40. The van der Waals surface area contributed by atoms with Crippen molar-refractivity contribution in [3.63, 3.8) is 0 Å². The molecule has 0 aliphatic heterocycles. The lowest BCUT2D eigenvalue weighted by molar-refractivity contribution is -0.115. The molecule has 0 atom stereocenters. The number of carbonyl (C=O) groups excluding carboxylic acids is 2. The fraction of sp³-hybridized carbons (Fsp3) is 0.222. The summed E-state index contributed by atoms with van der Waals surface area (Å²) in [6.45, 7) is 1.77. The van der Waals surface area contributed by atoms with Crippen molar-refractivity contribution in [2.45, 2.75) is 6.92 Å². The van der Waals surface area contributed by atoms with Crippen molar-refractivity contribution >= 4 is 17.5 Å². The first-order chi connectivity index (χ1) is 11.5. The molecule has 0 aromatic heterocycles. The van der Waals surface area contributed by atoms with E-state index in [1.54, 1.807) is 36.4 Å². The highest BCUT2D eigenvalue weighted by Gasteiger charge is 2.11. The highest BCUT2D eigenvalue weighted by molar-refractivity contribution is 6.00. The minimum atomic E-state index is -0.347. The normalized spacial score (nSPS) is 9.96. The summed E-state index contributed by atoms with van der Waals surface area (Å²) in [5.74, 6) is 0.458. The molecule has 0 saturated carbocycles. The van der Waals surface area contributed by atoms with E-state index in [-0.39, 0.29) is 18.4 Å². The Morgan fingerprint density at radius 1 is 1.04 bits per heavy atom. The average molecular weight is 328 g/mol. The number of carbonyl (C=O) groups is 2. The minimum absolute atomic E-state index is 0.146. The molecule has 0 spiro atoms. The van der Waals surface area contributed by atoms with E-state index in [0.29, 0.717) is 22.7 Å². The van der Waals surface area contributed by atoms with Crippen LogP contribution in [0, 0.1) is 6.92 Å². The lowest BCUT2D eigenvalue weighted by atomic mass is 10.2. The van der Waals surface area contributed by atoms with Gasteiger partial charge in [-0.25, -0.2) is 0 Å². The summed E-state index contributed by atoms with van der Waals surface area (Å²) in [6.07, 6.45) is 0. The molecular formula is C18H20N2O4. The first kappa shape index (κ1) is 17.3. The minimum Gasteiger partial charge on any atom is -0.497 e. The second-order valence-electron chi connectivity index (χ2n) is 5.17. The van der Waals surface area contributed by atoms with Crippen LogP contribution in [-0.2, 0) is 4.79 Å². The summed E-state index contributed by atoms with van der Waals surface area (Å²) < 4.78 is 10.3. The van der Waals surface area contributed by atoms with Crippen molar-refractivity contribution in [2.24, 2.45) is 0 Å². The van der Waals surface area contributed by atoms with Gasteiger partial charge in [-0.1, -0.05) is 12.1 Å². The maximum atomic E-state index is 12.1. The molecule has 126 valence electrons. The quantitative estimate of drug-likeness (QED) is 0.853. The Kier molecular flexibility index (Phi) is 5.78. The first-order valence-corrected chi connectivity index (χ1v) is 7.40. The molecule has 6 nitrogen and oxygen atoms in total. The van der Waals surface area contributed by atoms with E-state index in [4.69, 9.17) is 9.47 Å². The number of aryl methyl sites for hydroxylation is 1.